The molecule has 6 nitrogen and oxygen atoms in total. The molecule has 0 aliphatic heterocycles. The van der Waals surface area contributed by atoms with Crippen molar-refractivity contribution in [2.24, 2.45) is 0 Å². The van der Waals surface area contributed by atoms with Gasteiger partial charge in [-0.3, -0.25) is 14.7 Å². The van der Waals surface area contributed by atoms with Crippen LogP contribution < -0.4 is 10.3 Å². The molecule has 6 heteroatoms. The molecule has 2 aromatic rings. The number of nitrogens with one attached hydrogen (secondary N) is 1. The van der Waals surface area contributed by atoms with E-state index in [2.05, 4.69) is 5.10 Å². The van der Waals surface area contributed by atoms with Crippen LogP contribution in [-0.2, 0) is 6.42 Å². The number of aromatic amines is 1. The molecular weight excluding hydrogens is 260 g/mol. The highest BCUT2D eigenvalue weighted by Crippen LogP contribution is 2.13. The molecular formula is C14H16N2O4. The van der Waals surface area contributed by atoms with E-state index < -0.39 is 0 Å². The Hall–Kier alpha value is -2.34. The Kier molecular flexibility index (Phi) is 4.05. The van der Waals surface area contributed by atoms with Gasteiger partial charge in [-0.05, 0) is 31.2 Å². The van der Waals surface area contributed by atoms with Crippen molar-refractivity contribution in [3.05, 3.63) is 51.4 Å². The number of aliphatic hydroxyl groups is 1. The summed E-state index contributed by atoms with van der Waals surface area (Å²) in [5.74, 6) is 0.326. The zero-order chi connectivity index (χ0) is 14.7. The number of rotatable bonds is 4. The molecule has 0 atom stereocenters. The summed E-state index contributed by atoms with van der Waals surface area (Å²) < 4.78 is 6.23. The number of methoxy groups -OCH3 is 1. The van der Waals surface area contributed by atoms with Gasteiger partial charge < -0.3 is 9.84 Å². The van der Waals surface area contributed by atoms with E-state index in [-0.39, 0.29) is 24.5 Å². The van der Waals surface area contributed by atoms with Gasteiger partial charge in [0, 0.05) is 29.8 Å². The minimum Gasteiger partial charge on any atom is -0.497 e. The monoisotopic (exact) mass is 276 g/mol. The first-order valence-corrected chi connectivity index (χ1v) is 6.18. The minimum atomic E-state index is -0.349. The molecule has 0 saturated heterocycles. The number of nitrogens with zero attached hydrogens (tertiary/aromatic N) is 1. The van der Waals surface area contributed by atoms with Gasteiger partial charge in [0.05, 0.1) is 7.11 Å². The first kappa shape index (κ1) is 14.1. The molecule has 0 fully saturated rings. The summed E-state index contributed by atoms with van der Waals surface area (Å²) in [5, 5.41) is 11.4. The number of hydrogen-bond acceptors (Lipinski definition) is 4. The molecule has 20 heavy (non-hydrogen) atoms. The van der Waals surface area contributed by atoms with Crippen molar-refractivity contribution >= 4 is 5.91 Å². The number of hydrogen-bond donors (Lipinski definition) is 2. The lowest BCUT2D eigenvalue weighted by atomic mass is 10.2. The molecule has 0 unspecified atom stereocenters. The van der Waals surface area contributed by atoms with Gasteiger partial charge in [-0.2, -0.15) is 0 Å². The number of aromatic nitrogens is 2. The summed E-state index contributed by atoms with van der Waals surface area (Å²) in [6, 6.07) is 6.62. The van der Waals surface area contributed by atoms with Gasteiger partial charge in [0.25, 0.3) is 11.5 Å². The largest absolute Gasteiger partial charge is 0.497 e. The number of H-pyrrole nitrogens is 1. The Morgan fingerprint density at radius 2 is 2.00 bits per heavy atom. The van der Waals surface area contributed by atoms with Crippen LogP contribution in [0, 0.1) is 6.92 Å². The maximum atomic E-state index is 12.3. The van der Waals surface area contributed by atoms with Crippen molar-refractivity contribution in [3.63, 3.8) is 0 Å². The molecule has 0 radical (unpaired) electrons. The lowest BCUT2D eigenvalue weighted by Gasteiger charge is -2.06. The third-order valence-corrected chi connectivity index (χ3v) is 3.16. The van der Waals surface area contributed by atoms with Crippen LogP contribution in [0.4, 0.5) is 0 Å². The second-order valence-electron chi connectivity index (χ2n) is 4.35. The highest BCUT2D eigenvalue weighted by molar-refractivity contribution is 5.95. The van der Waals surface area contributed by atoms with Crippen LogP contribution in [0.5, 0.6) is 5.75 Å². The van der Waals surface area contributed by atoms with Crippen LogP contribution in [0.25, 0.3) is 0 Å². The van der Waals surface area contributed by atoms with Gasteiger partial charge in [0.15, 0.2) is 0 Å². The third kappa shape index (κ3) is 2.50. The van der Waals surface area contributed by atoms with Crippen molar-refractivity contribution < 1.29 is 14.6 Å². The molecule has 0 bridgehead atoms. The van der Waals surface area contributed by atoms with E-state index in [0.29, 0.717) is 22.6 Å². The topological polar surface area (TPSA) is 84.3 Å². The number of carbonyl (C=O) groups excluding carboxylic acids is 1. The van der Waals surface area contributed by atoms with E-state index in [0.717, 1.165) is 0 Å². The van der Waals surface area contributed by atoms with Gasteiger partial charge in [-0.25, -0.2) is 4.68 Å². The predicted octanol–water partition coefficient (Wildman–Crippen LogP) is 0.717. The summed E-state index contributed by atoms with van der Waals surface area (Å²) >= 11 is 0. The average molecular weight is 276 g/mol. The third-order valence-electron chi connectivity index (χ3n) is 3.16. The number of aliphatic hydroxyl groups excluding tert-OH is 1. The maximum absolute atomic E-state index is 12.3. The summed E-state index contributed by atoms with van der Waals surface area (Å²) in [7, 11) is 1.55. The Morgan fingerprint density at radius 1 is 1.35 bits per heavy atom. The van der Waals surface area contributed by atoms with Gasteiger partial charge in [0.2, 0.25) is 0 Å². The number of ether oxygens (including phenoxy) is 1. The quantitative estimate of drug-likeness (QED) is 0.861. The Morgan fingerprint density at radius 3 is 2.55 bits per heavy atom. The van der Waals surface area contributed by atoms with Crippen molar-refractivity contribution in [1.29, 1.82) is 0 Å². The van der Waals surface area contributed by atoms with E-state index in [1.54, 1.807) is 38.3 Å². The van der Waals surface area contributed by atoms with Crippen LogP contribution in [0.15, 0.2) is 29.1 Å². The zero-order valence-electron chi connectivity index (χ0n) is 11.3. The highest BCUT2D eigenvalue weighted by atomic mass is 16.5. The van der Waals surface area contributed by atoms with Crippen LogP contribution in [0.1, 0.15) is 21.6 Å². The SMILES string of the molecule is COc1ccc(C(=O)n2[nH]c(=O)c(CCO)c2C)cc1. The second-order valence-corrected chi connectivity index (χ2v) is 4.35. The standard InChI is InChI=1S/C14H16N2O4/c1-9-12(7-8-17)13(18)15-16(9)14(19)10-3-5-11(20-2)6-4-10/h3-6,17H,7-8H2,1-2H3,(H,15,18). The van der Waals surface area contributed by atoms with Gasteiger partial charge >= 0.3 is 0 Å². The van der Waals surface area contributed by atoms with Crippen molar-refractivity contribution in [2.45, 2.75) is 13.3 Å². The molecule has 0 saturated carbocycles. The summed E-state index contributed by atoms with van der Waals surface area (Å²) in [6.45, 7) is 1.54. The molecule has 2 rings (SSSR count). The normalized spacial score (nSPS) is 10.6. The van der Waals surface area contributed by atoms with E-state index in [9.17, 15) is 9.59 Å². The van der Waals surface area contributed by atoms with E-state index in [4.69, 9.17) is 9.84 Å². The van der Waals surface area contributed by atoms with Crippen molar-refractivity contribution in [3.8, 4) is 5.75 Å². The van der Waals surface area contributed by atoms with E-state index >= 15 is 0 Å². The average Bonchev–Trinajstić information content (AvgIpc) is 2.75. The molecule has 1 heterocycles. The molecule has 2 N–H and O–H groups in total. The van der Waals surface area contributed by atoms with Gasteiger partial charge in [-0.15, -0.1) is 0 Å². The Balaban J connectivity index is 2.37. The molecule has 0 spiro atoms. The van der Waals surface area contributed by atoms with E-state index in [1.165, 1.54) is 4.68 Å². The van der Waals surface area contributed by atoms with Crippen LogP contribution in [0.3, 0.4) is 0 Å². The van der Waals surface area contributed by atoms with E-state index in [1.807, 2.05) is 0 Å². The molecule has 106 valence electrons. The minimum absolute atomic E-state index is 0.134. The summed E-state index contributed by atoms with van der Waals surface area (Å²) in [6.07, 6.45) is 0.226. The first-order chi connectivity index (χ1) is 9.58. The summed E-state index contributed by atoms with van der Waals surface area (Å²) in [4.78, 5) is 24.1. The Bertz CT molecular complexity index is 667. The van der Waals surface area contributed by atoms with Gasteiger partial charge in [0.1, 0.15) is 5.75 Å². The smallest absolute Gasteiger partial charge is 0.276 e. The molecule has 0 amide bonds. The maximum Gasteiger partial charge on any atom is 0.276 e. The Labute approximate surface area is 115 Å². The van der Waals surface area contributed by atoms with Crippen LogP contribution in [0.2, 0.25) is 0 Å². The second kappa shape index (κ2) is 5.75. The predicted molar refractivity (Wildman–Crippen MR) is 73.3 cm³/mol. The fourth-order valence-electron chi connectivity index (χ4n) is 2.02. The fraction of sp³-hybridized carbons (Fsp3) is 0.286. The summed E-state index contributed by atoms with van der Waals surface area (Å²) in [5.41, 5.74) is 1.04. The fourth-order valence-corrected chi connectivity index (χ4v) is 2.02. The van der Waals surface area contributed by atoms with Crippen molar-refractivity contribution in [1.82, 2.24) is 9.78 Å². The molecule has 1 aromatic carbocycles. The lowest BCUT2D eigenvalue weighted by Crippen LogP contribution is -2.17. The van der Waals surface area contributed by atoms with Crippen molar-refractivity contribution in [2.75, 3.05) is 13.7 Å². The zero-order valence-corrected chi connectivity index (χ0v) is 11.3. The van der Waals surface area contributed by atoms with Crippen LogP contribution >= 0.6 is 0 Å². The molecule has 0 aliphatic carbocycles. The molecule has 1 aromatic heterocycles. The highest BCUT2D eigenvalue weighted by Gasteiger charge is 2.16. The molecule has 0 aliphatic rings. The lowest BCUT2D eigenvalue weighted by molar-refractivity contribution is 0.0942. The van der Waals surface area contributed by atoms with Gasteiger partial charge in [-0.1, -0.05) is 0 Å². The number of carbonyl (C=O) groups is 1. The first-order valence-electron chi connectivity index (χ1n) is 6.18. The van der Waals surface area contributed by atoms with Crippen LogP contribution in [-0.4, -0.2) is 34.5 Å². The number of benzene rings is 1.